The van der Waals surface area contributed by atoms with Crippen LogP contribution in [0.2, 0.25) is 0 Å². The van der Waals surface area contributed by atoms with Crippen molar-refractivity contribution in [1.29, 1.82) is 0 Å². The minimum atomic E-state index is -0.739. The maximum Gasteiger partial charge on any atom is 0.194 e. The van der Waals surface area contributed by atoms with Crippen molar-refractivity contribution in [1.82, 2.24) is 0 Å². The second kappa shape index (κ2) is 5.66. The number of unbranched alkanes of at least 4 members (excludes halogenated alkanes) is 1. The fraction of sp³-hybridized carbons (Fsp3) is 0.500. The Morgan fingerprint density at radius 1 is 1.43 bits per heavy atom. The first-order chi connectivity index (χ1) is 6.72. The first kappa shape index (κ1) is 11.1. The van der Waals surface area contributed by atoms with Gasteiger partial charge in [-0.25, -0.2) is 0 Å². The molecule has 0 aliphatic carbocycles. The van der Waals surface area contributed by atoms with E-state index in [2.05, 4.69) is 13.0 Å². The minimum Gasteiger partial charge on any atom is -0.465 e. The normalized spacial score (nSPS) is 12.5. The van der Waals surface area contributed by atoms with Crippen molar-refractivity contribution < 1.29 is 9.84 Å². The second-order valence-electron chi connectivity index (χ2n) is 3.47. The molecule has 0 spiro atoms. The Balaban J connectivity index is 2.59. The molecule has 0 saturated carbocycles. The molecule has 2 nitrogen and oxygen atoms in total. The average Bonchev–Trinajstić information content (AvgIpc) is 2.14. The van der Waals surface area contributed by atoms with E-state index in [1.807, 2.05) is 18.2 Å². The molecule has 0 aliphatic rings. The van der Waals surface area contributed by atoms with Crippen molar-refractivity contribution in [2.24, 2.45) is 0 Å². The second-order valence-corrected chi connectivity index (χ2v) is 3.47. The summed E-state index contributed by atoms with van der Waals surface area (Å²) in [6.45, 7) is 3.79. The highest BCUT2D eigenvalue weighted by atomic mass is 16.6. The molecule has 1 aromatic rings. The smallest absolute Gasteiger partial charge is 0.194 e. The van der Waals surface area contributed by atoms with E-state index in [0.29, 0.717) is 0 Å². The fourth-order valence-corrected chi connectivity index (χ4v) is 1.35. The quantitative estimate of drug-likeness (QED) is 0.730. The predicted molar refractivity (Wildman–Crippen MR) is 57.4 cm³/mol. The van der Waals surface area contributed by atoms with Crippen LogP contribution in [-0.4, -0.2) is 11.4 Å². The Morgan fingerprint density at radius 3 is 2.86 bits per heavy atom. The monoisotopic (exact) mass is 194 g/mol. The molecule has 2 heteroatoms. The Labute approximate surface area is 85.5 Å². The van der Waals surface area contributed by atoms with Crippen LogP contribution < -0.4 is 4.74 Å². The van der Waals surface area contributed by atoms with Crippen molar-refractivity contribution in [2.75, 3.05) is 0 Å². The first-order valence-electron chi connectivity index (χ1n) is 5.16. The molecule has 1 N–H and O–H groups in total. The van der Waals surface area contributed by atoms with Gasteiger partial charge in [-0.15, -0.1) is 0 Å². The van der Waals surface area contributed by atoms with Crippen LogP contribution in [0.5, 0.6) is 5.75 Å². The molecule has 0 aromatic heterocycles. The summed E-state index contributed by atoms with van der Waals surface area (Å²) in [4.78, 5) is 0. The summed E-state index contributed by atoms with van der Waals surface area (Å²) in [6, 6.07) is 7.90. The molecular weight excluding hydrogens is 176 g/mol. The highest BCUT2D eigenvalue weighted by Gasteiger charge is 1.99. The van der Waals surface area contributed by atoms with Crippen LogP contribution in [-0.2, 0) is 6.42 Å². The van der Waals surface area contributed by atoms with Crippen molar-refractivity contribution in [3.05, 3.63) is 29.8 Å². The molecule has 78 valence electrons. The van der Waals surface area contributed by atoms with Crippen molar-refractivity contribution in [3.63, 3.8) is 0 Å². The van der Waals surface area contributed by atoms with Crippen molar-refractivity contribution in [2.45, 2.75) is 39.4 Å². The van der Waals surface area contributed by atoms with E-state index in [4.69, 9.17) is 9.84 Å². The van der Waals surface area contributed by atoms with Crippen LogP contribution in [0.1, 0.15) is 32.3 Å². The number of aliphatic hydroxyl groups excluding tert-OH is 1. The SMILES string of the molecule is CCCCc1cccc(OC(C)O)c1. The molecule has 1 unspecified atom stereocenters. The third kappa shape index (κ3) is 3.79. The van der Waals surface area contributed by atoms with E-state index < -0.39 is 6.29 Å². The molecule has 1 rings (SSSR count). The highest BCUT2D eigenvalue weighted by Crippen LogP contribution is 2.15. The van der Waals surface area contributed by atoms with E-state index in [9.17, 15) is 0 Å². The number of rotatable bonds is 5. The molecule has 0 amide bonds. The van der Waals surface area contributed by atoms with Crippen LogP contribution in [0, 0.1) is 0 Å². The third-order valence-electron chi connectivity index (χ3n) is 2.02. The van der Waals surface area contributed by atoms with Gasteiger partial charge in [0, 0.05) is 0 Å². The summed E-state index contributed by atoms with van der Waals surface area (Å²) in [6.07, 6.45) is 2.73. The summed E-state index contributed by atoms with van der Waals surface area (Å²) < 4.78 is 5.19. The molecule has 1 atom stereocenters. The van der Waals surface area contributed by atoms with Gasteiger partial charge in [-0.05, 0) is 37.5 Å². The third-order valence-corrected chi connectivity index (χ3v) is 2.02. The molecule has 1 aromatic carbocycles. The van der Waals surface area contributed by atoms with Crippen LogP contribution in [0.15, 0.2) is 24.3 Å². The number of ether oxygens (including phenoxy) is 1. The first-order valence-corrected chi connectivity index (χ1v) is 5.16. The number of hydrogen-bond acceptors (Lipinski definition) is 2. The zero-order chi connectivity index (χ0) is 10.4. The van der Waals surface area contributed by atoms with E-state index in [-0.39, 0.29) is 0 Å². The molecule has 0 heterocycles. The van der Waals surface area contributed by atoms with Gasteiger partial charge in [-0.1, -0.05) is 25.5 Å². The minimum absolute atomic E-state index is 0.739. The largest absolute Gasteiger partial charge is 0.465 e. The van der Waals surface area contributed by atoms with Gasteiger partial charge < -0.3 is 9.84 Å². The summed E-state index contributed by atoms with van der Waals surface area (Å²) in [5, 5.41) is 9.05. The van der Waals surface area contributed by atoms with Gasteiger partial charge >= 0.3 is 0 Å². The van der Waals surface area contributed by atoms with Crippen LogP contribution >= 0.6 is 0 Å². The Morgan fingerprint density at radius 2 is 2.21 bits per heavy atom. The maximum absolute atomic E-state index is 9.05. The fourth-order valence-electron chi connectivity index (χ4n) is 1.35. The lowest BCUT2D eigenvalue weighted by molar-refractivity contribution is -0.000335. The summed E-state index contributed by atoms with van der Waals surface area (Å²) >= 11 is 0. The molecule has 0 saturated heterocycles. The number of hydrogen-bond donors (Lipinski definition) is 1. The highest BCUT2D eigenvalue weighted by molar-refractivity contribution is 5.28. The van der Waals surface area contributed by atoms with Crippen LogP contribution in [0.25, 0.3) is 0 Å². The number of benzene rings is 1. The molecule has 14 heavy (non-hydrogen) atoms. The standard InChI is InChI=1S/C12H18O2/c1-3-4-6-11-7-5-8-12(9-11)14-10(2)13/h5,7-10,13H,3-4,6H2,1-2H3. The van der Waals surface area contributed by atoms with E-state index >= 15 is 0 Å². The molecular formula is C12H18O2. The van der Waals surface area contributed by atoms with E-state index in [1.165, 1.54) is 18.4 Å². The molecule has 0 bridgehead atoms. The Hall–Kier alpha value is -1.02. The van der Waals surface area contributed by atoms with Gasteiger partial charge in [0.15, 0.2) is 6.29 Å². The Kier molecular flexibility index (Phi) is 4.47. The lowest BCUT2D eigenvalue weighted by Gasteiger charge is -2.09. The maximum atomic E-state index is 9.05. The van der Waals surface area contributed by atoms with Gasteiger partial charge in [-0.2, -0.15) is 0 Å². The van der Waals surface area contributed by atoms with Gasteiger partial charge in [0.05, 0.1) is 0 Å². The van der Waals surface area contributed by atoms with E-state index in [0.717, 1.165) is 12.2 Å². The van der Waals surface area contributed by atoms with Crippen molar-refractivity contribution in [3.8, 4) is 5.75 Å². The van der Waals surface area contributed by atoms with Gasteiger partial charge in [0.1, 0.15) is 5.75 Å². The average molecular weight is 194 g/mol. The lowest BCUT2D eigenvalue weighted by Crippen LogP contribution is -2.09. The number of aliphatic hydroxyl groups is 1. The molecule has 0 aliphatic heterocycles. The Bertz CT molecular complexity index is 269. The van der Waals surface area contributed by atoms with E-state index in [1.54, 1.807) is 6.92 Å². The zero-order valence-electron chi connectivity index (χ0n) is 8.86. The molecule has 0 radical (unpaired) electrons. The summed E-state index contributed by atoms with van der Waals surface area (Å²) in [5.41, 5.74) is 1.27. The number of aryl methyl sites for hydroxylation is 1. The molecule has 0 fully saturated rings. The lowest BCUT2D eigenvalue weighted by atomic mass is 10.1. The topological polar surface area (TPSA) is 29.5 Å². The van der Waals surface area contributed by atoms with Gasteiger partial charge in [0.25, 0.3) is 0 Å². The summed E-state index contributed by atoms with van der Waals surface area (Å²) in [7, 11) is 0. The van der Waals surface area contributed by atoms with Gasteiger partial charge in [0.2, 0.25) is 0 Å². The van der Waals surface area contributed by atoms with Crippen LogP contribution in [0.4, 0.5) is 0 Å². The van der Waals surface area contributed by atoms with Crippen LogP contribution in [0.3, 0.4) is 0 Å². The van der Waals surface area contributed by atoms with Crippen molar-refractivity contribution >= 4 is 0 Å². The predicted octanol–water partition coefficient (Wildman–Crippen LogP) is 2.75. The zero-order valence-corrected chi connectivity index (χ0v) is 8.86. The van der Waals surface area contributed by atoms with Gasteiger partial charge in [-0.3, -0.25) is 0 Å². The summed E-state index contributed by atoms with van der Waals surface area (Å²) in [5.74, 6) is 0.744.